The molecule has 158 valence electrons. The fourth-order valence-electron chi connectivity index (χ4n) is 3.79. The van der Waals surface area contributed by atoms with Crippen LogP contribution in [0.15, 0.2) is 29.4 Å². The Morgan fingerprint density at radius 1 is 1.24 bits per heavy atom. The minimum absolute atomic E-state index is 0.0425. The summed E-state index contributed by atoms with van der Waals surface area (Å²) in [6, 6.07) is 8.31. The van der Waals surface area contributed by atoms with Gasteiger partial charge in [0.1, 0.15) is 5.75 Å². The van der Waals surface area contributed by atoms with Crippen LogP contribution in [0.3, 0.4) is 0 Å². The summed E-state index contributed by atoms with van der Waals surface area (Å²) in [6.45, 7) is 7.19. The maximum atomic E-state index is 12.2. The van der Waals surface area contributed by atoms with Crippen molar-refractivity contribution in [3.05, 3.63) is 24.3 Å². The molecule has 0 spiro atoms. The van der Waals surface area contributed by atoms with E-state index in [-0.39, 0.29) is 5.91 Å². The Labute approximate surface area is 177 Å². The number of carbonyl (C=O) groups excluding carboxylic acids is 1. The highest BCUT2D eigenvalue weighted by molar-refractivity contribution is 7.99. The lowest BCUT2D eigenvalue weighted by atomic mass is 9.85. The molecule has 1 aromatic heterocycles. The number of thioether (sulfide) groups is 1. The molecule has 1 aliphatic rings. The van der Waals surface area contributed by atoms with E-state index in [4.69, 9.17) is 4.74 Å². The lowest BCUT2D eigenvalue weighted by Crippen LogP contribution is -2.29. The molecule has 0 bridgehead atoms. The Morgan fingerprint density at radius 3 is 2.62 bits per heavy atom. The lowest BCUT2D eigenvalue weighted by Gasteiger charge is -2.31. The zero-order valence-corrected chi connectivity index (χ0v) is 18.7. The number of hydrogen-bond acceptors (Lipinski definition) is 5. The van der Waals surface area contributed by atoms with E-state index in [1.165, 1.54) is 31.0 Å². The monoisotopic (exact) mass is 416 g/mol. The summed E-state index contributed by atoms with van der Waals surface area (Å²) >= 11 is 1.48. The summed E-state index contributed by atoms with van der Waals surface area (Å²) < 4.78 is 7.56. The molecular weight excluding hydrogens is 384 g/mol. The van der Waals surface area contributed by atoms with E-state index in [1.54, 1.807) is 7.11 Å². The van der Waals surface area contributed by atoms with Gasteiger partial charge in [-0.25, -0.2) is 0 Å². The van der Waals surface area contributed by atoms with Gasteiger partial charge in [-0.15, -0.1) is 10.2 Å². The van der Waals surface area contributed by atoms with Crippen LogP contribution in [0.2, 0.25) is 0 Å². The molecular formula is C22H32N4O2S. The SMILES string of the molecule is COc1ccc(-c2nnc(SCC(=O)NCC(C)C)n2[C@@H]2CCCC[C@@H]2C)cc1. The van der Waals surface area contributed by atoms with Gasteiger partial charge in [-0.3, -0.25) is 9.36 Å². The normalized spacial score (nSPS) is 19.3. The van der Waals surface area contributed by atoms with Crippen LogP contribution in [0, 0.1) is 11.8 Å². The molecule has 3 rings (SSSR count). The van der Waals surface area contributed by atoms with Crippen LogP contribution in [0.25, 0.3) is 11.4 Å². The standard InChI is InChI=1S/C22H32N4O2S/c1-15(2)13-23-20(27)14-29-22-25-24-21(17-9-11-18(28-4)12-10-17)26(22)19-8-6-5-7-16(19)3/h9-12,15-16,19H,5-8,13-14H2,1-4H3,(H,23,27)/t16-,19+/m0/s1. The molecule has 29 heavy (non-hydrogen) atoms. The van der Waals surface area contributed by atoms with Crippen molar-refractivity contribution in [3.8, 4) is 17.1 Å². The number of ether oxygens (including phenoxy) is 1. The Balaban J connectivity index is 1.85. The van der Waals surface area contributed by atoms with Crippen LogP contribution >= 0.6 is 11.8 Å². The first kappa shape index (κ1) is 21.7. The van der Waals surface area contributed by atoms with Gasteiger partial charge in [0, 0.05) is 18.2 Å². The number of carbonyl (C=O) groups is 1. The summed E-state index contributed by atoms with van der Waals surface area (Å²) in [7, 11) is 1.67. The first-order valence-electron chi connectivity index (χ1n) is 10.5. The second kappa shape index (κ2) is 10.1. The number of methoxy groups -OCH3 is 1. The van der Waals surface area contributed by atoms with Crippen molar-refractivity contribution in [1.82, 2.24) is 20.1 Å². The van der Waals surface area contributed by atoms with Crippen molar-refractivity contribution in [2.24, 2.45) is 11.8 Å². The largest absolute Gasteiger partial charge is 0.497 e. The van der Waals surface area contributed by atoms with Gasteiger partial charge in [0.2, 0.25) is 5.91 Å². The van der Waals surface area contributed by atoms with Gasteiger partial charge in [-0.05, 0) is 48.9 Å². The Bertz CT molecular complexity index is 804. The molecule has 1 N–H and O–H groups in total. The Morgan fingerprint density at radius 2 is 1.97 bits per heavy atom. The minimum Gasteiger partial charge on any atom is -0.497 e. The first-order valence-corrected chi connectivity index (χ1v) is 11.5. The van der Waals surface area contributed by atoms with Crippen molar-refractivity contribution in [2.45, 2.75) is 57.7 Å². The molecule has 2 atom stereocenters. The number of nitrogens with zero attached hydrogens (tertiary/aromatic N) is 3. The van der Waals surface area contributed by atoms with Crippen molar-refractivity contribution < 1.29 is 9.53 Å². The zero-order chi connectivity index (χ0) is 20.8. The number of aromatic nitrogens is 3. The average molecular weight is 417 g/mol. The molecule has 1 heterocycles. The summed E-state index contributed by atoms with van der Waals surface area (Å²) in [4.78, 5) is 12.2. The third kappa shape index (κ3) is 5.53. The number of amides is 1. The second-order valence-corrected chi connectivity index (χ2v) is 9.16. The predicted octanol–water partition coefficient (Wildman–Crippen LogP) is 4.57. The van der Waals surface area contributed by atoms with E-state index >= 15 is 0 Å². The van der Waals surface area contributed by atoms with Crippen LogP contribution in [0.1, 0.15) is 52.5 Å². The second-order valence-electron chi connectivity index (χ2n) is 8.22. The van der Waals surface area contributed by atoms with Gasteiger partial charge < -0.3 is 10.1 Å². The van der Waals surface area contributed by atoms with Crippen molar-refractivity contribution >= 4 is 17.7 Å². The molecule has 0 aliphatic heterocycles. The molecule has 7 heteroatoms. The van der Waals surface area contributed by atoms with E-state index in [2.05, 4.69) is 40.9 Å². The molecule has 1 fully saturated rings. The topological polar surface area (TPSA) is 69.0 Å². The molecule has 1 saturated carbocycles. The van der Waals surface area contributed by atoms with Gasteiger partial charge in [0.15, 0.2) is 11.0 Å². The predicted molar refractivity (Wildman–Crippen MR) is 117 cm³/mol. The van der Waals surface area contributed by atoms with Gasteiger partial charge in [-0.1, -0.05) is 45.4 Å². The highest BCUT2D eigenvalue weighted by Crippen LogP contribution is 2.39. The third-order valence-electron chi connectivity index (χ3n) is 5.45. The average Bonchev–Trinajstić information content (AvgIpc) is 3.14. The number of rotatable bonds is 8. The molecule has 6 nitrogen and oxygen atoms in total. The summed E-state index contributed by atoms with van der Waals surface area (Å²) in [6.07, 6.45) is 4.82. The van der Waals surface area contributed by atoms with Gasteiger partial charge >= 0.3 is 0 Å². The van der Waals surface area contributed by atoms with E-state index in [0.29, 0.717) is 30.2 Å². The maximum Gasteiger partial charge on any atom is 0.230 e. The van der Waals surface area contributed by atoms with Crippen LogP contribution in [-0.4, -0.2) is 40.1 Å². The van der Waals surface area contributed by atoms with E-state index in [1.807, 2.05) is 24.3 Å². The Hall–Kier alpha value is -2.02. The molecule has 0 radical (unpaired) electrons. The fraction of sp³-hybridized carbons (Fsp3) is 0.591. The van der Waals surface area contributed by atoms with Crippen molar-refractivity contribution in [3.63, 3.8) is 0 Å². The fourth-order valence-corrected chi connectivity index (χ4v) is 4.61. The molecule has 0 saturated heterocycles. The van der Waals surface area contributed by atoms with Crippen LogP contribution in [0.5, 0.6) is 5.75 Å². The maximum absolute atomic E-state index is 12.2. The number of benzene rings is 1. The zero-order valence-electron chi connectivity index (χ0n) is 17.9. The highest BCUT2D eigenvalue weighted by atomic mass is 32.2. The Kier molecular flexibility index (Phi) is 7.58. The van der Waals surface area contributed by atoms with Crippen LogP contribution in [-0.2, 0) is 4.79 Å². The molecule has 1 aliphatic carbocycles. The van der Waals surface area contributed by atoms with Gasteiger partial charge in [0.05, 0.1) is 12.9 Å². The highest BCUT2D eigenvalue weighted by Gasteiger charge is 2.28. The smallest absolute Gasteiger partial charge is 0.230 e. The molecule has 2 aromatic rings. The number of hydrogen-bond donors (Lipinski definition) is 1. The summed E-state index contributed by atoms with van der Waals surface area (Å²) in [5.74, 6) is 3.09. The van der Waals surface area contributed by atoms with E-state index < -0.39 is 0 Å². The third-order valence-corrected chi connectivity index (χ3v) is 6.39. The van der Waals surface area contributed by atoms with Crippen molar-refractivity contribution in [2.75, 3.05) is 19.4 Å². The molecule has 1 amide bonds. The minimum atomic E-state index is 0.0425. The lowest BCUT2D eigenvalue weighted by molar-refractivity contribution is -0.118. The number of nitrogens with one attached hydrogen (secondary N) is 1. The van der Waals surface area contributed by atoms with Gasteiger partial charge in [-0.2, -0.15) is 0 Å². The van der Waals surface area contributed by atoms with Crippen LogP contribution in [0.4, 0.5) is 0 Å². The van der Waals surface area contributed by atoms with E-state index in [9.17, 15) is 4.79 Å². The van der Waals surface area contributed by atoms with E-state index in [0.717, 1.165) is 28.7 Å². The summed E-state index contributed by atoms with van der Waals surface area (Å²) in [5, 5.41) is 12.8. The summed E-state index contributed by atoms with van der Waals surface area (Å²) in [5.41, 5.74) is 1.02. The van der Waals surface area contributed by atoms with Gasteiger partial charge in [0.25, 0.3) is 0 Å². The molecule has 1 aromatic carbocycles. The van der Waals surface area contributed by atoms with Crippen LogP contribution < -0.4 is 10.1 Å². The molecule has 0 unspecified atom stereocenters. The first-order chi connectivity index (χ1) is 14.0. The quantitative estimate of drug-likeness (QED) is 0.639. The van der Waals surface area contributed by atoms with Crippen molar-refractivity contribution in [1.29, 1.82) is 0 Å².